The number of aromatic nitrogens is 1. The SMILES string of the molecule is COc1cc(CNC(=O)/C=C/c2ccc(-c3ccccc3)s2)ccn1. The van der Waals surface area contributed by atoms with Gasteiger partial charge in [-0.1, -0.05) is 30.3 Å². The molecule has 0 aliphatic heterocycles. The lowest BCUT2D eigenvalue weighted by Crippen LogP contribution is -2.20. The maximum Gasteiger partial charge on any atom is 0.244 e. The van der Waals surface area contributed by atoms with Gasteiger partial charge in [-0.2, -0.15) is 0 Å². The van der Waals surface area contributed by atoms with Crippen LogP contribution in [0.4, 0.5) is 0 Å². The number of nitrogens with zero attached hydrogens (tertiary/aromatic N) is 1. The summed E-state index contributed by atoms with van der Waals surface area (Å²) in [6.45, 7) is 0.432. The molecule has 1 N–H and O–H groups in total. The summed E-state index contributed by atoms with van der Waals surface area (Å²) in [5.41, 5.74) is 2.12. The quantitative estimate of drug-likeness (QED) is 0.680. The summed E-state index contributed by atoms with van der Waals surface area (Å²) in [5, 5.41) is 2.85. The lowest BCUT2D eigenvalue weighted by Gasteiger charge is -2.04. The Balaban J connectivity index is 1.56. The van der Waals surface area contributed by atoms with Gasteiger partial charge in [0.1, 0.15) is 0 Å². The number of nitrogens with one attached hydrogen (secondary N) is 1. The molecule has 0 aliphatic rings. The summed E-state index contributed by atoms with van der Waals surface area (Å²) in [5.74, 6) is 0.403. The van der Waals surface area contributed by atoms with E-state index in [4.69, 9.17) is 4.74 Å². The van der Waals surface area contributed by atoms with Gasteiger partial charge in [-0.3, -0.25) is 4.79 Å². The summed E-state index contributed by atoms with van der Waals surface area (Å²) < 4.78 is 5.07. The maximum absolute atomic E-state index is 12.0. The molecule has 0 aliphatic carbocycles. The highest BCUT2D eigenvalue weighted by atomic mass is 32.1. The average Bonchev–Trinajstić information content (AvgIpc) is 3.15. The number of benzene rings is 1. The fourth-order valence-electron chi connectivity index (χ4n) is 2.28. The molecule has 126 valence electrons. The first-order chi connectivity index (χ1) is 12.2. The molecule has 5 heteroatoms. The van der Waals surface area contributed by atoms with Gasteiger partial charge in [0.2, 0.25) is 11.8 Å². The van der Waals surface area contributed by atoms with Gasteiger partial charge >= 0.3 is 0 Å². The molecule has 0 saturated carbocycles. The second kappa shape index (κ2) is 8.26. The minimum atomic E-state index is -0.134. The predicted octanol–water partition coefficient (Wildman–Crippen LogP) is 4.15. The summed E-state index contributed by atoms with van der Waals surface area (Å²) >= 11 is 1.66. The molecule has 2 heterocycles. The normalized spacial score (nSPS) is 10.8. The monoisotopic (exact) mass is 350 g/mol. The van der Waals surface area contributed by atoms with Gasteiger partial charge < -0.3 is 10.1 Å². The first-order valence-corrected chi connectivity index (χ1v) is 8.66. The van der Waals surface area contributed by atoms with E-state index in [0.717, 1.165) is 10.4 Å². The summed E-state index contributed by atoms with van der Waals surface area (Å²) in [7, 11) is 1.57. The van der Waals surface area contributed by atoms with E-state index in [9.17, 15) is 4.79 Å². The van der Waals surface area contributed by atoms with Crippen molar-refractivity contribution in [3.8, 4) is 16.3 Å². The zero-order chi connectivity index (χ0) is 17.5. The van der Waals surface area contributed by atoms with Crippen LogP contribution in [0.2, 0.25) is 0 Å². The highest BCUT2D eigenvalue weighted by molar-refractivity contribution is 7.16. The molecule has 4 nitrogen and oxygen atoms in total. The van der Waals surface area contributed by atoms with E-state index in [1.54, 1.807) is 36.8 Å². The molecule has 1 aromatic carbocycles. The fraction of sp³-hybridized carbons (Fsp3) is 0.100. The van der Waals surface area contributed by atoms with Crippen LogP contribution in [0.5, 0.6) is 5.88 Å². The van der Waals surface area contributed by atoms with Crippen LogP contribution in [0.25, 0.3) is 16.5 Å². The van der Waals surface area contributed by atoms with Crippen molar-refractivity contribution in [3.63, 3.8) is 0 Å². The molecule has 2 aromatic heterocycles. The van der Waals surface area contributed by atoms with Crippen LogP contribution < -0.4 is 10.1 Å². The van der Waals surface area contributed by atoms with E-state index in [1.165, 1.54) is 10.4 Å². The minimum absolute atomic E-state index is 0.134. The minimum Gasteiger partial charge on any atom is -0.481 e. The first-order valence-electron chi connectivity index (χ1n) is 7.85. The van der Waals surface area contributed by atoms with Crippen molar-refractivity contribution >= 4 is 23.3 Å². The van der Waals surface area contributed by atoms with Crippen molar-refractivity contribution in [2.45, 2.75) is 6.54 Å². The molecular weight excluding hydrogens is 332 g/mol. The van der Waals surface area contributed by atoms with Crippen LogP contribution in [-0.4, -0.2) is 18.0 Å². The van der Waals surface area contributed by atoms with E-state index < -0.39 is 0 Å². The number of hydrogen-bond acceptors (Lipinski definition) is 4. The van der Waals surface area contributed by atoms with E-state index in [2.05, 4.69) is 28.5 Å². The Morgan fingerprint density at radius 2 is 2.04 bits per heavy atom. The molecule has 0 saturated heterocycles. The number of carbonyl (C=O) groups excluding carboxylic acids is 1. The molecule has 0 bridgehead atoms. The van der Waals surface area contributed by atoms with Crippen LogP contribution in [0.1, 0.15) is 10.4 Å². The Bertz CT molecular complexity index is 872. The Morgan fingerprint density at radius 1 is 1.20 bits per heavy atom. The fourth-order valence-corrected chi connectivity index (χ4v) is 3.19. The molecule has 25 heavy (non-hydrogen) atoms. The highest BCUT2D eigenvalue weighted by Crippen LogP contribution is 2.28. The second-order valence-corrected chi connectivity index (χ2v) is 6.44. The first kappa shape index (κ1) is 16.9. The molecule has 0 unspecified atom stereocenters. The van der Waals surface area contributed by atoms with Crippen LogP contribution in [0, 0.1) is 0 Å². The molecule has 1 amide bonds. The van der Waals surface area contributed by atoms with Gasteiger partial charge in [-0.15, -0.1) is 11.3 Å². The van der Waals surface area contributed by atoms with Crippen LogP contribution >= 0.6 is 11.3 Å². The summed E-state index contributed by atoms with van der Waals surface area (Å²) in [6.07, 6.45) is 5.05. The van der Waals surface area contributed by atoms with Crippen LogP contribution in [0.15, 0.2) is 66.9 Å². The predicted molar refractivity (Wildman–Crippen MR) is 101 cm³/mol. The molecular formula is C20H18N2O2S. The average molecular weight is 350 g/mol. The maximum atomic E-state index is 12.0. The largest absolute Gasteiger partial charge is 0.481 e. The zero-order valence-corrected chi connectivity index (χ0v) is 14.6. The Morgan fingerprint density at radius 3 is 2.84 bits per heavy atom. The lowest BCUT2D eigenvalue weighted by atomic mass is 10.2. The van der Waals surface area contributed by atoms with Gasteiger partial charge in [0.25, 0.3) is 0 Å². The van der Waals surface area contributed by atoms with Crippen LogP contribution in [0.3, 0.4) is 0 Å². The van der Waals surface area contributed by atoms with Gasteiger partial charge in [0.15, 0.2) is 0 Å². The molecule has 0 atom stereocenters. The smallest absolute Gasteiger partial charge is 0.244 e. The van der Waals surface area contributed by atoms with Crippen molar-refractivity contribution < 1.29 is 9.53 Å². The van der Waals surface area contributed by atoms with E-state index >= 15 is 0 Å². The number of ether oxygens (including phenoxy) is 1. The number of methoxy groups -OCH3 is 1. The van der Waals surface area contributed by atoms with Crippen molar-refractivity contribution in [2.75, 3.05) is 7.11 Å². The topological polar surface area (TPSA) is 51.2 Å². The third kappa shape index (κ3) is 4.78. The third-order valence-electron chi connectivity index (χ3n) is 3.56. The van der Waals surface area contributed by atoms with Gasteiger partial charge in [0.05, 0.1) is 7.11 Å². The zero-order valence-electron chi connectivity index (χ0n) is 13.8. The van der Waals surface area contributed by atoms with Crippen LogP contribution in [-0.2, 0) is 11.3 Å². The standard InChI is InChI=1S/C20H18N2O2S/c1-24-20-13-15(11-12-21-20)14-22-19(23)10-8-17-7-9-18(25-17)16-5-3-2-4-6-16/h2-13H,14H2,1H3,(H,22,23)/b10-8+. The highest BCUT2D eigenvalue weighted by Gasteiger charge is 2.02. The van der Waals surface area contributed by atoms with Crippen molar-refractivity contribution in [1.29, 1.82) is 0 Å². The van der Waals surface area contributed by atoms with E-state index in [1.807, 2.05) is 36.4 Å². The third-order valence-corrected chi connectivity index (χ3v) is 4.66. The summed E-state index contributed by atoms with van der Waals surface area (Å²) in [4.78, 5) is 18.2. The molecule has 0 fully saturated rings. The van der Waals surface area contributed by atoms with Gasteiger partial charge in [-0.25, -0.2) is 4.98 Å². The number of amides is 1. The number of hydrogen-bond donors (Lipinski definition) is 1. The van der Waals surface area contributed by atoms with Crippen molar-refractivity contribution in [3.05, 3.63) is 77.3 Å². The Kier molecular flexibility index (Phi) is 5.59. The van der Waals surface area contributed by atoms with Crippen molar-refractivity contribution in [1.82, 2.24) is 10.3 Å². The van der Waals surface area contributed by atoms with Gasteiger partial charge in [-0.05, 0) is 35.4 Å². The Hall–Kier alpha value is -2.92. The molecule has 3 aromatic rings. The molecule has 3 rings (SSSR count). The number of rotatable bonds is 6. The number of pyridine rings is 1. The Labute approximate surface area is 150 Å². The van der Waals surface area contributed by atoms with Gasteiger partial charge in [0, 0.05) is 34.6 Å². The van der Waals surface area contributed by atoms with E-state index in [0.29, 0.717) is 12.4 Å². The van der Waals surface area contributed by atoms with Crippen molar-refractivity contribution in [2.24, 2.45) is 0 Å². The molecule has 0 radical (unpaired) electrons. The summed E-state index contributed by atoms with van der Waals surface area (Å²) in [6, 6.07) is 17.9. The number of thiophene rings is 1. The molecule has 0 spiro atoms. The van der Waals surface area contributed by atoms with E-state index in [-0.39, 0.29) is 5.91 Å². The number of carbonyl (C=O) groups is 1. The second-order valence-electron chi connectivity index (χ2n) is 5.33. The lowest BCUT2D eigenvalue weighted by molar-refractivity contribution is -0.116.